The summed E-state index contributed by atoms with van der Waals surface area (Å²) in [4.78, 5) is 14.2. The van der Waals surface area contributed by atoms with E-state index in [0.29, 0.717) is 12.8 Å². The molecule has 0 aliphatic heterocycles. The average Bonchev–Trinajstić information content (AvgIpc) is 2.59. The average molecular weight is 349 g/mol. The van der Waals surface area contributed by atoms with Crippen LogP contribution < -0.4 is 10.5 Å². The van der Waals surface area contributed by atoms with Crippen molar-refractivity contribution in [1.82, 2.24) is 4.90 Å². The number of nitrogens with zero attached hydrogens (tertiary/aromatic N) is 1. The fraction of sp³-hybridized carbons (Fsp3) is 0.316. The standard InChI is InChI=1S/C19H24N2O2.ClH/c1-14(15-8-11-17(23-3)12-9-15)21(2)19(22)13-10-16-6-4-5-7-18(16)20;/h4-9,11-12,14H,10,13,20H2,1-3H3;1H. The number of ether oxygens (including phenoxy) is 1. The Morgan fingerprint density at radius 2 is 1.79 bits per heavy atom. The number of halogens is 1. The van der Waals surface area contributed by atoms with Gasteiger partial charge in [0.25, 0.3) is 0 Å². The number of hydrogen-bond donors (Lipinski definition) is 1. The Labute approximate surface area is 150 Å². The van der Waals surface area contributed by atoms with Gasteiger partial charge in [-0.05, 0) is 42.7 Å². The van der Waals surface area contributed by atoms with Crippen molar-refractivity contribution < 1.29 is 9.53 Å². The molecule has 2 aromatic carbocycles. The SMILES string of the molecule is COc1ccc(C(C)N(C)C(=O)CCc2ccccc2N)cc1.Cl. The molecule has 1 amide bonds. The topological polar surface area (TPSA) is 55.6 Å². The Kier molecular flexibility index (Phi) is 7.59. The summed E-state index contributed by atoms with van der Waals surface area (Å²) in [5.74, 6) is 0.922. The van der Waals surface area contributed by atoms with Crippen molar-refractivity contribution in [3.05, 3.63) is 59.7 Å². The zero-order chi connectivity index (χ0) is 16.8. The molecule has 0 saturated carbocycles. The lowest BCUT2D eigenvalue weighted by Gasteiger charge is -2.25. The van der Waals surface area contributed by atoms with Crippen LogP contribution in [0.15, 0.2) is 48.5 Å². The first kappa shape index (κ1) is 19.8. The second-order valence-corrected chi connectivity index (χ2v) is 5.65. The second-order valence-electron chi connectivity index (χ2n) is 5.65. The molecule has 0 aromatic heterocycles. The van der Waals surface area contributed by atoms with E-state index in [1.807, 2.05) is 62.5 Å². The molecule has 0 saturated heterocycles. The lowest BCUT2D eigenvalue weighted by Crippen LogP contribution is -2.29. The van der Waals surface area contributed by atoms with E-state index >= 15 is 0 Å². The summed E-state index contributed by atoms with van der Waals surface area (Å²) in [6, 6.07) is 15.5. The molecule has 5 heteroatoms. The minimum Gasteiger partial charge on any atom is -0.497 e. The number of amides is 1. The predicted molar refractivity (Wildman–Crippen MR) is 101 cm³/mol. The minimum atomic E-state index is 0. The van der Waals surface area contributed by atoms with Crippen molar-refractivity contribution in [1.29, 1.82) is 0 Å². The van der Waals surface area contributed by atoms with Gasteiger partial charge in [0, 0.05) is 19.2 Å². The van der Waals surface area contributed by atoms with Gasteiger partial charge in [0.1, 0.15) is 5.75 Å². The lowest BCUT2D eigenvalue weighted by molar-refractivity contribution is -0.131. The van der Waals surface area contributed by atoms with Crippen LogP contribution in [-0.2, 0) is 11.2 Å². The highest BCUT2D eigenvalue weighted by atomic mass is 35.5. The number of nitrogen functional groups attached to an aromatic ring is 1. The Hall–Kier alpha value is -2.20. The number of benzene rings is 2. The van der Waals surface area contributed by atoms with Crippen LogP contribution in [0.25, 0.3) is 0 Å². The monoisotopic (exact) mass is 348 g/mol. The zero-order valence-corrected chi connectivity index (χ0v) is 15.2. The molecule has 0 spiro atoms. The molecule has 2 N–H and O–H groups in total. The zero-order valence-electron chi connectivity index (χ0n) is 14.4. The van der Waals surface area contributed by atoms with Gasteiger partial charge in [-0.15, -0.1) is 12.4 Å². The number of carbonyl (C=O) groups is 1. The van der Waals surface area contributed by atoms with Crippen LogP contribution >= 0.6 is 12.4 Å². The molecule has 1 atom stereocenters. The van der Waals surface area contributed by atoms with Gasteiger partial charge >= 0.3 is 0 Å². The molecule has 0 aliphatic rings. The van der Waals surface area contributed by atoms with Gasteiger partial charge in [0.15, 0.2) is 0 Å². The lowest BCUT2D eigenvalue weighted by atomic mass is 10.0. The van der Waals surface area contributed by atoms with Gasteiger partial charge in [-0.1, -0.05) is 30.3 Å². The molecular formula is C19H25ClN2O2. The van der Waals surface area contributed by atoms with Crippen molar-refractivity contribution in [2.45, 2.75) is 25.8 Å². The normalized spacial score (nSPS) is 11.3. The molecule has 0 fully saturated rings. The van der Waals surface area contributed by atoms with Crippen LogP contribution in [0, 0.1) is 0 Å². The fourth-order valence-electron chi connectivity index (χ4n) is 2.50. The van der Waals surface area contributed by atoms with E-state index in [1.54, 1.807) is 12.0 Å². The van der Waals surface area contributed by atoms with Gasteiger partial charge in [0.2, 0.25) is 5.91 Å². The third kappa shape index (κ3) is 4.90. The Morgan fingerprint density at radius 3 is 2.38 bits per heavy atom. The maximum atomic E-state index is 12.4. The maximum absolute atomic E-state index is 12.4. The maximum Gasteiger partial charge on any atom is 0.223 e. The predicted octanol–water partition coefficient (Wildman–Crippen LogP) is 3.85. The summed E-state index contributed by atoms with van der Waals surface area (Å²) < 4.78 is 5.16. The van der Waals surface area contributed by atoms with Crippen LogP contribution in [0.2, 0.25) is 0 Å². The number of rotatable bonds is 6. The molecule has 2 rings (SSSR count). The number of hydrogen-bond acceptors (Lipinski definition) is 3. The molecule has 4 nitrogen and oxygen atoms in total. The van der Waals surface area contributed by atoms with E-state index in [-0.39, 0.29) is 24.4 Å². The van der Waals surface area contributed by atoms with Crippen molar-refractivity contribution in [3.63, 3.8) is 0 Å². The summed E-state index contributed by atoms with van der Waals surface area (Å²) in [5.41, 5.74) is 8.77. The number of carbonyl (C=O) groups excluding carboxylic acids is 1. The third-order valence-electron chi connectivity index (χ3n) is 4.24. The van der Waals surface area contributed by atoms with E-state index in [2.05, 4.69) is 0 Å². The second kappa shape index (κ2) is 9.18. The van der Waals surface area contributed by atoms with E-state index in [0.717, 1.165) is 22.6 Å². The first-order chi connectivity index (χ1) is 11.0. The smallest absolute Gasteiger partial charge is 0.223 e. The largest absolute Gasteiger partial charge is 0.497 e. The molecular weight excluding hydrogens is 324 g/mol. The minimum absolute atomic E-state index is 0. The number of methoxy groups -OCH3 is 1. The van der Waals surface area contributed by atoms with Crippen LogP contribution in [0.1, 0.15) is 30.5 Å². The highest BCUT2D eigenvalue weighted by Gasteiger charge is 2.17. The number of aryl methyl sites for hydroxylation is 1. The molecule has 0 radical (unpaired) electrons. The third-order valence-corrected chi connectivity index (χ3v) is 4.24. The van der Waals surface area contributed by atoms with Gasteiger partial charge < -0.3 is 15.4 Å². The van der Waals surface area contributed by atoms with Crippen LogP contribution in [0.4, 0.5) is 5.69 Å². The van der Waals surface area contributed by atoms with Gasteiger partial charge in [-0.2, -0.15) is 0 Å². The van der Waals surface area contributed by atoms with E-state index in [9.17, 15) is 4.79 Å². The number of anilines is 1. The summed E-state index contributed by atoms with van der Waals surface area (Å²) >= 11 is 0. The van der Waals surface area contributed by atoms with Gasteiger partial charge in [-0.3, -0.25) is 4.79 Å². The van der Waals surface area contributed by atoms with Gasteiger partial charge in [0.05, 0.1) is 13.2 Å². The number of para-hydroxylation sites is 1. The first-order valence-electron chi connectivity index (χ1n) is 7.76. The van der Waals surface area contributed by atoms with E-state index in [4.69, 9.17) is 10.5 Å². The molecule has 2 aromatic rings. The molecule has 0 heterocycles. The van der Waals surface area contributed by atoms with E-state index in [1.165, 1.54) is 0 Å². The van der Waals surface area contributed by atoms with Crippen LogP contribution in [0.5, 0.6) is 5.75 Å². The summed E-state index contributed by atoms with van der Waals surface area (Å²) in [7, 11) is 3.48. The fourth-order valence-corrected chi connectivity index (χ4v) is 2.50. The molecule has 24 heavy (non-hydrogen) atoms. The Balaban J connectivity index is 0.00000288. The first-order valence-corrected chi connectivity index (χ1v) is 7.76. The molecule has 0 bridgehead atoms. The van der Waals surface area contributed by atoms with Crippen molar-refractivity contribution in [2.75, 3.05) is 19.9 Å². The van der Waals surface area contributed by atoms with Crippen molar-refractivity contribution in [3.8, 4) is 5.75 Å². The molecule has 0 aliphatic carbocycles. The highest BCUT2D eigenvalue weighted by molar-refractivity contribution is 5.85. The Morgan fingerprint density at radius 1 is 1.17 bits per heavy atom. The van der Waals surface area contributed by atoms with Crippen LogP contribution in [-0.4, -0.2) is 25.0 Å². The molecule has 1 unspecified atom stereocenters. The van der Waals surface area contributed by atoms with E-state index < -0.39 is 0 Å². The number of nitrogens with two attached hydrogens (primary N) is 1. The van der Waals surface area contributed by atoms with Crippen LogP contribution in [0.3, 0.4) is 0 Å². The quantitative estimate of drug-likeness (QED) is 0.807. The van der Waals surface area contributed by atoms with Crippen molar-refractivity contribution in [2.24, 2.45) is 0 Å². The highest BCUT2D eigenvalue weighted by Crippen LogP contribution is 2.22. The van der Waals surface area contributed by atoms with Crippen molar-refractivity contribution >= 4 is 24.0 Å². The Bertz CT molecular complexity index is 659. The summed E-state index contributed by atoms with van der Waals surface area (Å²) in [6.07, 6.45) is 1.11. The summed E-state index contributed by atoms with van der Waals surface area (Å²) in [6.45, 7) is 2.02. The summed E-state index contributed by atoms with van der Waals surface area (Å²) in [5, 5.41) is 0. The van der Waals surface area contributed by atoms with Gasteiger partial charge in [-0.25, -0.2) is 0 Å². The molecule has 130 valence electrons.